The Hall–Kier alpha value is -1.85. The van der Waals surface area contributed by atoms with E-state index in [0.717, 1.165) is 29.7 Å². The number of nitrogens with zero attached hydrogens (tertiary/aromatic N) is 1. The van der Waals surface area contributed by atoms with Crippen LogP contribution in [-0.2, 0) is 15.8 Å². The van der Waals surface area contributed by atoms with Crippen molar-refractivity contribution in [2.75, 3.05) is 13.1 Å². The predicted octanol–water partition coefficient (Wildman–Crippen LogP) is 3.68. The molecule has 0 aromatic heterocycles. The second-order valence-corrected chi connectivity index (χ2v) is 8.68. The largest absolute Gasteiger partial charge is 0.490 e. The number of aryl methyl sites for hydroxylation is 2. The van der Waals surface area contributed by atoms with Gasteiger partial charge < -0.3 is 4.74 Å². The third-order valence-corrected chi connectivity index (χ3v) is 6.54. The fourth-order valence-electron chi connectivity index (χ4n) is 3.10. The van der Waals surface area contributed by atoms with Gasteiger partial charge in [0.25, 0.3) is 0 Å². The molecule has 1 aliphatic heterocycles. The van der Waals surface area contributed by atoms with Crippen LogP contribution in [0.1, 0.15) is 29.5 Å². The van der Waals surface area contributed by atoms with E-state index in [1.165, 1.54) is 5.56 Å². The van der Waals surface area contributed by atoms with Crippen molar-refractivity contribution < 1.29 is 13.2 Å². The molecule has 1 heterocycles. The first-order valence-corrected chi connectivity index (χ1v) is 10.3. The molecule has 2 aromatic rings. The molecule has 0 bridgehead atoms. The van der Waals surface area contributed by atoms with Gasteiger partial charge in [-0.05, 0) is 49.9 Å². The predicted molar refractivity (Wildman–Crippen MR) is 100 cm³/mol. The van der Waals surface area contributed by atoms with E-state index in [-0.39, 0.29) is 11.9 Å². The Morgan fingerprint density at radius 1 is 1.00 bits per heavy atom. The zero-order valence-electron chi connectivity index (χ0n) is 14.8. The standard InChI is InChI=1S/C20H25NO3S/c1-16-7-9-19(10-8-16)24-20-11-13-21(14-12-20)25(22,23)15-18-6-4-3-5-17(18)2/h3-10,20H,11-15H2,1-2H3. The molecule has 3 rings (SSSR count). The number of piperidine rings is 1. The van der Waals surface area contributed by atoms with Crippen molar-refractivity contribution in [1.29, 1.82) is 0 Å². The normalized spacial score (nSPS) is 16.7. The summed E-state index contributed by atoms with van der Waals surface area (Å²) in [5.41, 5.74) is 3.09. The first kappa shape index (κ1) is 18.0. The summed E-state index contributed by atoms with van der Waals surface area (Å²) in [6, 6.07) is 15.6. The molecule has 25 heavy (non-hydrogen) atoms. The van der Waals surface area contributed by atoms with Crippen LogP contribution in [0.3, 0.4) is 0 Å². The number of ether oxygens (including phenoxy) is 1. The molecular weight excluding hydrogens is 334 g/mol. The van der Waals surface area contributed by atoms with Crippen molar-refractivity contribution in [2.45, 2.75) is 38.5 Å². The molecule has 0 atom stereocenters. The van der Waals surface area contributed by atoms with Crippen molar-refractivity contribution in [3.8, 4) is 5.75 Å². The average molecular weight is 359 g/mol. The van der Waals surface area contributed by atoms with E-state index >= 15 is 0 Å². The minimum Gasteiger partial charge on any atom is -0.490 e. The number of sulfonamides is 1. The molecule has 2 aromatic carbocycles. The van der Waals surface area contributed by atoms with Crippen LogP contribution in [0.25, 0.3) is 0 Å². The highest BCUT2D eigenvalue weighted by molar-refractivity contribution is 7.88. The molecule has 4 nitrogen and oxygen atoms in total. The van der Waals surface area contributed by atoms with E-state index in [1.54, 1.807) is 4.31 Å². The molecule has 0 radical (unpaired) electrons. The van der Waals surface area contributed by atoms with Gasteiger partial charge in [0.1, 0.15) is 11.9 Å². The van der Waals surface area contributed by atoms with Crippen molar-refractivity contribution in [1.82, 2.24) is 4.31 Å². The molecule has 0 N–H and O–H groups in total. The summed E-state index contributed by atoms with van der Waals surface area (Å²) in [5.74, 6) is 0.926. The number of hydrogen-bond acceptors (Lipinski definition) is 3. The third kappa shape index (κ3) is 4.61. The molecule has 0 spiro atoms. The van der Waals surface area contributed by atoms with Gasteiger partial charge in [0.05, 0.1) is 5.75 Å². The van der Waals surface area contributed by atoms with Crippen LogP contribution in [0.2, 0.25) is 0 Å². The quantitative estimate of drug-likeness (QED) is 0.818. The lowest BCUT2D eigenvalue weighted by Crippen LogP contribution is -2.42. The highest BCUT2D eigenvalue weighted by Crippen LogP contribution is 2.23. The summed E-state index contributed by atoms with van der Waals surface area (Å²) >= 11 is 0. The van der Waals surface area contributed by atoms with E-state index in [9.17, 15) is 8.42 Å². The number of hydrogen-bond donors (Lipinski definition) is 0. The first-order chi connectivity index (χ1) is 11.9. The summed E-state index contributed by atoms with van der Waals surface area (Å²) in [6.07, 6.45) is 1.52. The Labute approximate surface area is 150 Å². The summed E-state index contributed by atoms with van der Waals surface area (Å²) in [5, 5.41) is 0. The van der Waals surface area contributed by atoms with E-state index in [0.29, 0.717) is 13.1 Å². The molecule has 134 valence electrons. The van der Waals surface area contributed by atoms with Gasteiger partial charge in [-0.3, -0.25) is 0 Å². The van der Waals surface area contributed by atoms with Crippen LogP contribution < -0.4 is 4.74 Å². The Balaban J connectivity index is 1.57. The van der Waals surface area contributed by atoms with Gasteiger partial charge in [-0.2, -0.15) is 0 Å². The van der Waals surface area contributed by atoms with E-state index in [4.69, 9.17) is 4.74 Å². The molecule has 5 heteroatoms. The van der Waals surface area contributed by atoms with E-state index in [1.807, 2.05) is 62.4 Å². The van der Waals surface area contributed by atoms with Crippen LogP contribution in [-0.4, -0.2) is 31.9 Å². The molecule has 0 aliphatic carbocycles. The van der Waals surface area contributed by atoms with Gasteiger partial charge in [-0.1, -0.05) is 42.0 Å². The molecule has 1 saturated heterocycles. The summed E-state index contributed by atoms with van der Waals surface area (Å²) < 4.78 is 33.0. The van der Waals surface area contributed by atoms with Gasteiger partial charge in [0.15, 0.2) is 0 Å². The maximum absolute atomic E-state index is 12.7. The van der Waals surface area contributed by atoms with Crippen molar-refractivity contribution in [2.24, 2.45) is 0 Å². The van der Waals surface area contributed by atoms with Crippen LogP contribution >= 0.6 is 0 Å². The highest BCUT2D eigenvalue weighted by atomic mass is 32.2. The van der Waals surface area contributed by atoms with Crippen LogP contribution in [0.5, 0.6) is 5.75 Å². The summed E-state index contributed by atoms with van der Waals surface area (Å²) in [4.78, 5) is 0. The highest BCUT2D eigenvalue weighted by Gasteiger charge is 2.29. The van der Waals surface area contributed by atoms with Crippen LogP contribution in [0, 0.1) is 13.8 Å². The maximum atomic E-state index is 12.7. The minimum absolute atomic E-state index is 0.0726. The summed E-state index contributed by atoms with van der Waals surface area (Å²) in [6.45, 7) is 5.03. The second-order valence-electron chi connectivity index (χ2n) is 6.71. The molecule has 1 fully saturated rings. The topological polar surface area (TPSA) is 46.6 Å². The molecular formula is C20H25NO3S. The van der Waals surface area contributed by atoms with Gasteiger partial charge in [-0.25, -0.2) is 12.7 Å². The molecule has 0 saturated carbocycles. The second kappa shape index (κ2) is 7.58. The molecule has 1 aliphatic rings. The Bertz CT molecular complexity index is 807. The lowest BCUT2D eigenvalue weighted by Gasteiger charge is -2.31. The lowest BCUT2D eigenvalue weighted by molar-refractivity contribution is 0.135. The van der Waals surface area contributed by atoms with Crippen LogP contribution in [0.15, 0.2) is 48.5 Å². The van der Waals surface area contributed by atoms with Crippen molar-refractivity contribution >= 4 is 10.0 Å². The summed E-state index contributed by atoms with van der Waals surface area (Å²) in [7, 11) is -3.28. The zero-order valence-corrected chi connectivity index (χ0v) is 15.6. The van der Waals surface area contributed by atoms with Gasteiger partial charge >= 0.3 is 0 Å². The maximum Gasteiger partial charge on any atom is 0.218 e. The third-order valence-electron chi connectivity index (χ3n) is 4.72. The lowest BCUT2D eigenvalue weighted by atomic mass is 10.1. The Morgan fingerprint density at radius 2 is 1.64 bits per heavy atom. The Morgan fingerprint density at radius 3 is 2.28 bits per heavy atom. The SMILES string of the molecule is Cc1ccc(OC2CCN(S(=O)(=O)Cc3ccccc3C)CC2)cc1. The van der Waals surface area contributed by atoms with E-state index < -0.39 is 10.0 Å². The van der Waals surface area contributed by atoms with Gasteiger partial charge in [-0.15, -0.1) is 0 Å². The fraction of sp³-hybridized carbons (Fsp3) is 0.400. The number of benzene rings is 2. The van der Waals surface area contributed by atoms with Crippen LogP contribution in [0.4, 0.5) is 0 Å². The molecule has 0 unspecified atom stereocenters. The van der Waals surface area contributed by atoms with E-state index in [2.05, 4.69) is 0 Å². The van der Waals surface area contributed by atoms with Gasteiger partial charge in [0.2, 0.25) is 10.0 Å². The zero-order chi connectivity index (χ0) is 17.9. The number of rotatable bonds is 5. The van der Waals surface area contributed by atoms with Gasteiger partial charge in [0, 0.05) is 13.1 Å². The minimum atomic E-state index is -3.28. The van der Waals surface area contributed by atoms with Crippen molar-refractivity contribution in [3.63, 3.8) is 0 Å². The monoisotopic (exact) mass is 359 g/mol. The molecule has 0 amide bonds. The Kier molecular flexibility index (Phi) is 5.45. The first-order valence-electron chi connectivity index (χ1n) is 8.70. The fourth-order valence-corrected chi connectivity index (χ4v) is 4.76. The smallest absolute Gasteiger partial charge is 0.218 e. The van der Waals surface area contributed by atoms with Crippen molar-refractivity contribution in [3.05, 3.63) is 65.2 Å². The average Bonchev–Trinajstić information content (AvgIpc) is 2.59.